The smallest absolute Gasteiger partial charge is 0.200 e. The molecule has 2 heterocycles. The van der Waals surface area contributed by atoms with E-state index < -0.39 is 34.6 Å². The standard InChI is InChI=1S/C15H17F5N2.2ClH/c16-10-9(11(17)13(19)14(20)12(10)18)6-22-5-1-2-15(8-22)3-4-21-7-15;;/h21H,1-8H2;2*1H. The first kappa shape index (κ1) is 21.4. The van der Waals surface area contributed by atoms with Crippen molar-refractivity contribution < 1.29 is 22.0 Å². The lowest BCUT2D eigenvalue weighted by Gasteiger charge is -2.40. The Hall–Kier alpha value is -0.630. The number of likely N-dealkylation sites (tertiary alicyclic amines) is 1. The van der Waals surface area contributed by atoms with Gasteiger partial charge in [-0.1, -0.05) is 0 Å². The lowest BCUT2D eigenvalue weighted by molar-refractivity contribution is 0.0951. The summed E-state index contributed by atoms with van der Waals surface area (Å²) < 4.78 is 67.1. The second-order valence-electron chi connectivity index (χ2n) is 6.29. The van der Waals surface area contributed by atoms with Crippen LogP contribution in [0.15, 0.2) is 0 Å². The molecule has 1 unspecified atom stereocenters. The number of rotatable bonds is 2. The summed E-state index contributed by atoms with van der Waals surface area (Å²) in [5.74, 6) is -9.29. The van der Waals surface area contributed by atoms with E-state index >= 15 is 0 Å². The molecular weight excluding hydrogens is 374 g/mol. The van der Waals surface area contributed by atoms with E-state index in [2.05, 4.69) is 5.32 Å². The van der Waals surface area contributed by atoms with Crippen LogP contribution in [0.25, 0.3) is 0 Å². The van der Waals surface area contributed by atoms with Crippen LogP contribution in [0.1, 0.15) is 24.8 Å². The molecule has 1 atom stereocenters. The van der Waals surface area contributed by atoms with E-state index in [9.17, 15) is 22.0 Å². The van der Waals surface area contributed by atoms with Gasteiger partial charge in [0.25, 0.3) is 0 Å². The first-order valence-electron chi connectivity index (χ1n) is 7.37. The summed E-state index contributed by atoms with van der Waals surface area (Å²) in [7, 11) is 0. The molecule has 0 radical (unpaired) electrons. The summed E-state index contributed by atoms with van der Waals surface area (Å²) in [5, 5.41) is 3.27. The van der Waals surface area contributed by atoms with Crippen molar-refractivity contribution in [3.8, 4) is 0 Å². The van der Waals surface area contributed by atoms with Crippen molar-refractivity contribution in [1.82, 2.24) is 10.2 Å². The fourth-order valence-electron chi connectivity index (χ4n) is 3.60. The highest BCUT2D eigenvalue weighted by Crippen LogP contribution is 2.36. The molecule has 2 aliphatic heterocycles. The normalized spacial score (nSPS) is 23.9. The van der Waals surface area contributed by atoms with Crippen molar-refractivity contribution in [2.24, 2.45) is 5.41 Å². The fraction of sp³-hybridized carbons (Fsp3) is 0.600. The molecule has 2 nitrogen and oxygen atoms in total. The van der Waals surface area contributed by atoms with Crippen molar-refractivity contribution in [3.63, 3.8) is 0 Å². The number of nitrogens with zero attached hydrogens (tertiary/aromatic N) is 1. The molecule has 2 aliphatic rings. The summed E-state index contributed by atoms with van der Waals surface area (Å²) in [6, 6.07) is 0. The van der Waals surface area contributed by atoms with E-state index in [4.69, 9.17) is 0 Å². The highest BCUT2D eigenvalue weighted by atomic mass is 35.5. The van der Waals surface area contributed by atoms with Crippen molar-refractivity contribution in [2.75, 3.05) is 26.2 Å². The van der Waals surface area contributed by atoms with Crippen LogP contribution in [0.5, 0.6) is 0 Å². The Morgan fingerprint density at radius 1 is 0.875 bits per heavy atom. The quantitative estimate of drug-likeness (QED) is 0.467. The van der Waals surface area contributed by atoms with Crippen LogP contribution in [-0.4, -0.2) is 31.1 Å². The van der Waals surface area contributed by atoms with Crippen LogP contribution in [-0.2, 0) is 6.54 Å². The second-order valence-corrected chi connectivity index (χ2v) is 6.29. The Bertz CT molecular complexity index is 565. The Morgan fingerprint density at radius 3 is 2.00 bits per heavy atom. The Labute approximate surface area is 149 Å². The van der Waals surface area contributed by atoms with Gasteiger partial charge in [0.1, 0.15) is 0 Å². The topological polar surface area (TPSA) is 15.3 Å². The molecule has 0 amide bonds. The van der Waals surface area contributed by atoms with Crippen molar-refractivity contribution >= 4 is 24.8 Å². The first-order chi connectivity index (χ1) is 10.4. The minimum absolute atomic E-state index is 0. The third-order valence-corrected chi connectivity index (χ3v) is 4.76. The SMILES string of the molecule is Cl.Cl.Fc1c(F)c(F)c(CN2CCCC3(CCNC3)C2)c(F)c1F. The largest absolute Gasteiger partial charge is 0.316 e. The van der Waals surface area contributed by atoms with Crippen LogP contribution < -0.4 is 5.32 Å². The maximum Gasteiger partial charge on any atom is 0.200 e. The van der Waals surface area contributed by atoms with Crippen LogP contribution in [0, 0.1) is 34.5 Å². The highest BCUT2D eigenvalue weighted by Gasteiger charge is 2.38. The molecule has 1 aromatic rings. The zero-order valence-electron chi connectivity index (χ0n) is 12.8. The Morgan fingerprint density at radius 2 is 1.46 bits per heavy atom. The van der Waals surface area contributed by atoms with Crippen LogP contribution in [0.4, 0.5) is 22.0 Å². The van der Waals surface area contributed by atoms with Crippen molar-refractivity contribution in [2.45, 2.75) is 25.8 Å². The molecule has 138 valence electrons. The molecule has 3 rings (SSSR count). The molecule has 0 aromatic heterocycles. The van der Waals surface area contributed by atoms with E-state index in [0.717, 1.165) is 32.4 Å². The van der Waals surface area contributed by atoms with Gasteiger partial charge in [0, 0.05) is 25.2 Å². The van der Waals surface area contributed by atoms with E-state index in [0.29, 0.717) is 13.1 Å². The van der Waals surface area contributed by atoms with Gasteiger partial charge < -0.3 is 5.32 Å². The molecule has 1 N–H and O–H groups in total. The van der Waals surface area contributed by atoms with Gasteiger partial charge in [-0.15, -0.1) is 24.8 Å². The molecule has 1 spiro atoms. The number of hydrogen-bond donors (Lipinski definition) is 1. The van der Waals surface area contributed by atoms with Gasteiger partial charge in [-0.05, 0) is 37.8 Å². The minimum Gasteiger partial charge on any atom is -0.316 e. The van der Waals surface area contributed by atoms with Gasteiger partial charge in [-0.2, -0.15) is 0 Å². The average Bonchev–Trinajstić information content (AvgIpc) is 2.95. The number of hydrogen-bond acceptors (Lipinski definition) is 2. The van der Waals surface area contributed by atoms with Gasteiger partial charge in [0.2, 0.25) is 5.82 Å². The lowest BCUT2D eigenvalue weighted by atomic mass is 9.79. The number of piperidine rings is 1. The molecule has 2 saturated heterocycles. The van der Waals surface area contributed by atoms with Crippen molar-refractivity contribution in [1.29, 1.82) is 0 Å². The van der Waals surface area contributed by atoms with Gasteiger partial charge in [-0.3, -0.25) is 4.90 Å². The van der Waals surface area contributed by atoms with Crippen LogP contribution in [0.2, 0.25) is 0 Å². The molecular formula is C15H19Cl2F5N2. The molecule has 0 bridgehead atoms. The van der Waals surface area contributed by atoms with Gasteiger partial charge in [-0.25, -0.2) is 22.0 Å². The zero-order chi connectivity index (χ0) is 15.9. The maximum atomic E-state index is 13.8. The molecule has 0 saturated carbocycles. The minimum atomic E-state index is -2.10. The molecule has 9 heteroatoms. The Balaban J connectivity index is 0.00000144. The zero-order valence-corrected chi connectivity index (χ0v) is 14.4. The summed E-state index contributed by atoms with van der Waals surface area (Å²) >= 11 is 0. The van der Waals surface area contributed by atoms with Gasteiger partial charge >= 0.3 is 0 Å². The molecule has 2 fully saturated rings. The number of benzene rings is 1. The van der Waals surface area contributed by atoms with E-state index in [1.54, 1.807) is 4.90 Å². The summed E-state index contributed by atoms with van der Waals surface area (Å²) in [6.45, 7) is 2.69. The van der Waals surface area contributed by atoms with Crippen LogP contribution in [0.3, 0.4) is 0 Å². The maximum absolute atomic E-state index is 13.8. The third-order valence-electron chi connectivity index (χ3n) is 4.76. The van der Waals surface area contributed by atoms with Gasteiger partial charge in [0.15, 0.2) is 23.3 Å². The summed E-state index contributed by atoms with van der Waals surface area (Å²) in [5.41, 5.74) is -0.679. The van der Waals surface area contributed by atoms with E-state index in [1.165, 1.54) is 0 Å². The third kappa shape index (κ3) is 3.79. The fourth-order valence-corrected chi connectivity index (χ4v) is 3.60. The van der Waals surface area contributed by atoms with E-state index in [1.807, 2.05) is 0 Å². The van der Waals surface area contributed by atoms with Gasteiger partial charge in [0.05, 0.1) is 0 Å². The lowest BCUT2D eigenvalue weighted by Crippen LogP contribution is -2.44. The molecule has 1 aromatic carbocycles. The van der Waals surface area contributed by atoms with Crippen molar-refractivity contribution in [3.05, 3.63) is 34.6 Å². The highest BCUT2D eigenvalue weighted by molar-refractivity contribution is 5.85. The molecule has 24 heavy (non-hydrogen) atoms. The summed E-state index contributed by atoms with van der Waals surface area (Å²) in [4.78, 5) is 1.79. The molecule has 0 aliphatic carbocycles. The number of halogens is 7. The number of nitrogens with one attached hydrogen (secondary N) is 1. The predicted molar refractivity (Wildman–Crippen MR) is 85.2 cm³/mol. The van der Waals surface area contributed by atoms with E-state index in [-0.39, 0.29) is 36.8 Å². The first-order valence-corrected chi connectivity index (χ1v) is 7.37. The second kappa shape index (κ2) is 8.17. The Kier molecular flexibility index (Phi) is 7.29. The average molecular weight is 393 g/mol. The monoisotopic (exact) mass is 392 g/mol. The predicted octanol–water partition coefficient (Wildman–Crippen LogP) is 3.80. The summed E-state index contributed by atoms with van der Waals surface area (Å²) in [6.07, 6.45) is 2.85. The van der Waals surface area contributed by atoms with Crippen LogP contribution >= 0.6 is 24.8 Å².